The average Bonchev–Trinajstić information content (AvgIpc) is 2.31. The Balaban J connectivity index is 1.78. The first-order chi connectivity index (χ1) is 7.85. The van der Waals surface area contributed by atoms with Gasteiger partial charge in [-0.3, -0.25) is 0 Å². The Morgan fingerprint density at radius 1 is 1.31 bits per heavy atom. The molecule has 1 spiro atoms. The highest BCUT2D eigenvalue weighted by Gasteiger charge is 2.36. The fourth-order valence-corrected chi connectivity index (χ4v) is 3.22. The van der Waals surface area contributed by atoms with Gasteiger partial charge >= 0.3 is 0 Å². The van der Waals surface area contributed by atoms with Gasteiger partial charge in [0.25, 0.3) is 0 Å². The number of likely N-dealkylation sites (tertiary alicyclic amines) is 1. The summed E-state index contributed by atoms with van der Waals surface area (Å²) in [5.41, 5.74) is 0.586. The molecule has 0 aromatic carbocycles. The van der Waals surface area contributed by atoms with E-state index in [-0.39, 0.29) is 0 Å². The largest absolute Gasteiger partial charge is 0.380 e. The predicted molar refractivity (Wildman–Crippen MR) is 66.7 cm³/mol. The quantitative estimate of drug-likeness (QED) is 0.735. The summed E-state index contributed by atoms with van der Waals surface area (Å²) in [4.78, 5) is 2.60. The Labute approximate surface area is 99.5 Å². The van der Waals surface area contributed by atoms with Crippen LogP contribution in [0.4, 0.5) is 0 Å². The second-order valence-corrected chi connectivity index (χ2v) is 5.36. The van der Waals surface area contributed by atoms with E-state index in [1.807, 2.05) is 0 Å². The molecule has 16 heavy (non-hydrogen) atoms. The third kappa shape index (κ3) is 3.19. The fourth-order valence-electron chi connectivity index (χ4n) is 3.22. The molecular weight excluding hydrogens is 200 g/mol. The van der Waals surface area contributed by atoms with Crippen molar-refractivity contribution in [1.29, 1.82) is 0 Å². The van der Waals surface area contributed by atoms with E-state index in [1.165, 1.54) is 51.9 Å². The summed E-state index contributed by atoms with van der Waals surface area (Å²) in [5, 5.41) is 3.58. The number of hydrogen-bond acceptors (Lipinski definition) is 3. The van der Waals surface area contributed by atoms with Crippen molar-refractivity contribution in [2.75, 3.05) is 45.9 Å². The van der Waals surface area contributed by atoms with Crippen LogP contribution in [0.15, 0.2) is 0 Å². The van der Waals surface area contributed by atoms with Gasteiger partial charge in [0.2, 0.25) is 0 Å². The van der Waals surface area contributed by atoms with Gasteiger partial charge in [0.05, 0.1) is 6.61 Å². The van der Waals surface area contributed by atoms with Crippen LogP contribution in [0.2, 0.25) is 0 Å². The SMILES string of the molecule is CCOCCN1CCCC2(CCCNC2)C1. The molecule has 94 valence electrons. The van der Waals surface area contributed by atoms with Crippen molar-refractivity contribution in [2.24, 2.45) is 5.41 Å². The monoisotopic (exact) mass is 226 g/mol. The average molecular weight is 226 g/mol. The van der Waals surface area contributed by atoms with Crippen molar-refractivity contribution in [3.8, 4) is 0 Å². The molecule has 1 N–H and O–H groups in total. The summed E-state index contributed by atoms with van der Waals surface area (Å²) in [5.74, 6) is 0. The van der Waals surface area contributed by atoms with Gasteiger partial charge in [-0.05, 0) is 51.1 Å². The van der Waals surface area contributed by atoms with Crippen LogP contribution in [0.3, 0.4) is 0 Å². The molecule has 3 nitrogen and oxygen atoms in total. The zero-order chi connectivity index (χ0) is 11.3. The molecule has 0 radical (unpaired) electrons. The van der Waals surface area contributed by atoms with Crippen LogP contribution in [0.25, 0.3) is 0 Å². The van der Waals surface area contributed by atoms with E-state index in [1.54, 1.807) is 0 Å². The molecule has 1 atom stereocenters. The van der Waals surface area contributed by atoms with Crippen molar-refractivity contribution < 1.29 is 4.74 Å². The molecule has 0 aliphatic carbocycles. The summed E-state index contributed by atoms with van der Waals surface area (Å²) >= 11 is 0. The summed E-state index contributed by atoms with van der Waals surface area (Å²) in [7, 11) is 0. The number of piperidine rings is 2. The van der Waals surface area contributed by atoms with Gasteiger partial charge in [-0.25, -0.2) is 0 Å². The molecule has 0 amide bonds. The Hall–Kier alpha value is -0.120. The predicted octanol–water partition coefficient (Wildman–Crippen LogP) is 1.49. The standard InChI is InChI=1S/C13H26N2O/c1-2-16-10-9-15-8-4-6-13(12-15)5-3-7-14-11-13/h14H,2-12H2,1H3. The van der Waals surface area contributed by atoms with Gasteiger partial charge < -0.3 is 15.0 Å². The maximum atomic E-state index is 5.45. The van der Waals surface area contributed by atoms with Crippen molar-refractivity contribution >= 4 is 0 Å². The molecule has 0 bridgehead atoms. The van der Waals surface area contributed by atoms with Gasteiger partial charge in [-0.2, -0.15) is 0 Å². The zero-order valence-electron chi connectivity index (χ0n) is 10.6. The minimum absolute atomic E-state index is 0.586. The van der Waals surface area contributed by atoms with E-state index >= 15 is 0 Å². The first kappa shape index (κ1) is 12.3. The molecule has 3 heteroatoms. The van der Waals surface area contributed by atoms with Crippen molar-refractivity contribution in [3.63, 3.8) is 0 Å². The smallest absolute Gasteiger partial charge is 0.0593 e. The normalized spacial score (nSPS) is 32.1. The summed E-state index contributed by atoms with van der Waals surface area (Å²) in [6.07, 6.45) is 5.57. The maximum Gasteiger partial charge on any atom is 0.0593 e. The van der Waals surface area contributed by atoms with Crippen LogP contribution >= 0.6 is 0 Å². The van der Waals surface area contributed by atoms with E-state index in [9.17, 15) is 0 Å². The molecule has 1 unspecified atom stereocenters. The Kier molecular flexibility index (Phi) is 4.62. The van der Waals surface area contributed by atoms with Crippen LogP contribution in [0, 0.1) is 5.41 Å². The van der Waals surface area contributed by atoms with Crippen LogP contribution < -0.4 is 5.32 Å². The number of hydrogen-bond donors (Lipinski definition) is 1. The minimum atomic E-state index is 0.586. The molecule has 2 fully saturated rings. The lowest BCUT2D eigenvalue weighted by molar-refractivity contribution is 0.0402. The van der Waals surface area contributed by atoms with E-state index in [0.717, 1.165) is 19.8 Å². The van der Waals surface area contributed by atoms with Gasteiger partial charge in [0.1, 0.15) is 0 Å². The van der Waals surface area contributed by atoms with Gasteiger partial charge in [-0.1, -0.05) is 0 Å². The molecule has 0 saturated carbocycles. The Bertz CT molecular complexity index is 197. The van der Waals surface area contributed by atoms with E-state index in [0.29, 0.717) is 5.41 Å². The third-order valence-electron chi connectivity index (χ3n) is 4.06. The van der Waals surface area contributed by atoms with Crippen molar-refractivity contribution in [1.82, 2.24) is 10.2 Å². The van der Waals surface area contributed by atoms with E-state index < -0.39 is 0 Å². The molecule has 2 saturated heterocycles. The first-order valence-electron chi connectivity index (χ1n) is 6.85. The lowest BCUT2D eigenvalue weighted by Crippen LogP contribution is -2.51. The second-order valence-electron chi connectivity index (χ2n) is 5.36. The van der Waals surface area contributed by atoms with Gasteiger partial charge in [0.15, 0.2) is 0 Å². The number of rotatable bonds is 4. The van der Waals surface area contributed by atoms with Crippen molar-refractivity contribution in [3.05, 3.63) is 0 Å². The summed E-state index contributed by atoms with van der Waals surface area (Å²) in [6.45, 7) is 9.96. The molecule has 2 aliphatic rings. The molecule has 2 rings (SSSR count). The highest BCUT2D eigenvalue weighted by atomic mass is 16.5. The van der Waals surface area contributed by atoms with Crippen LogP contribution in [-0.2, 0) is 4.74 Å². The van der Waals surface area contributed by atoms with Crippen LogP contribution in [0.1, 0.15) is 32.6 Å². The third-order valence-corrected chi connectivity index (χ3v) is 4.06. The Morgan fingerprint density at radius 3 is 2.94 bits per heavy atom. The Morgan fingerprint density at radius 2 is 2.19 bits per heavy atom. The summed E-state index contributed by atoms with van der Waals surface area (Å²) in [6, 6.07) is 0. The fraction of sp³-hybridized carbons (Fsp3) is 1.00. The molecule has 0 aromatic heterocycles. The molecule has 2 heterocycles. The van der Waals surface area contributed by atoms with Crippen LogP contribution in [-0.4, -0.2) is 50.8 Å². The van der Waals surface area contributed by atoms with Crippen LogP contribution in [0.5, 0.6) is 0 Å². The summed E-state index contributed by atoms with van der Waals surface area (Å²) < 4.78 is 5.45. The highest BCUT2D eigenvalue weighted by molar-refractivity contribution is 4.91. The van der Waals surface area contributed by atoms with Crippen molar-refractivity contribution in [2.45, 2.75) is 32.6 Å². The van der Waals surface area contributed by atoms with E-state index in [2.05, 4.69) is 17.1 Å². The van der Waals surface area contributed by atoms with Gasteiger partial charge in [0, 0.05) is 26.2 Å². The minimum Gasteiger partial charge on any atom is -0.380 e. The number of ether oxygens (including phenoxy) is 1. The lowest BCUT2D eigenvalue weighted by atomic mass is 9.74. The zero-order valence-corrected chi connectivity index (χ0v) is 10.6. The molecular formula is C13H26N2O. The second kappa shape index (κ2) is 5.99. The number of nitrogens with one attached hydrogen (secondary N) is 1. The maximum absolute atomic E-state index is 5.45. The van der Waals surface area contributed by atoms with Gasteiger partial charge in [-0.15, -0.1) is 0 Å². The first-order valence-corrected chi connectivity index (χ1v) is 6.85. The van der Waals surface area contributed by atoms with E-state index in [4.69, 9.17) is 4.74 Å². The topological polar surface area (TPSA) is 24.5 Å². The highest BCUT2D eigenvalue weighted by Crippen LogP contribution is 2.35. The molecule has 0 aromatic rings. The number of nitrogens with zero attached hydrogens (tertiary/aromatic N) is 1. The molecule has 2 aliphatic heterocycles. The lowest BCUT2D eigenvalue weighted by Gasteiger charge is -2.45.